The summed E-state index contributed by atoms with van der Waals surface area (Å²) in [6.07, 6.45) is 0. The van der Waals surface area contributed by atoms with Gasteiger partial charge in [-0.05, 0) is 24.0 Å². The van der Waals surface area contributed by atoms with Gasteiger partial charge in [0.2, 0.25) is 0 Å². The van der Waals surface area contributed by atoms with Crippen molar-refractivity contribution in [2.24, 2.45) is 0 Å². The van der Waals surface area contributed by atoms with Gasteiger partial charge in [0.15, 0.2) is 0 Å². The van der Waals surface area contributed by atoms with Crippen LogP contribution in [0.2, 0.25) is 0 Å². The zero-order chi connectivity index (χ0) is 9.47. The Morgan fingerprint density at radius 2 is 1.77 bits per heavy atom. The molecule has 1 saturated heterocycles. The quantitative estimate of drug-likeness (QED) is 0.631. The average Bonchev–Trinajstić information content (AvgIpc) is 2.85. The Balaban J connectivity index is 2.24. The van der Waals surface area contributed by atoms with E-state index < -0.39 is 0 Å². The molecule has 0 saturated carbocycles. The van der Waals surface area contributed by atoms with E-state index in [1.54, 1.807) is 0 Å². The van der Waals surface area contributed by atoms with Gasteiger partial charge in [-0.1, -0.05) is 38.1 Å². The SMILES string of the molecule is CC(C)c1ccc(C2(C)CO2)cc1. The van der Waals surface area contributed by atoms with E-state index in [1.165, 1.54) is 11.1 Å². The van der Waals surface area contributed by atoms with E-state index in [1.807, 2.05) is 0 Å². The van der Waals surface area contributed by atoms with Gasteiger partial charge in [0, 0.05) is 0 Å². The molecule has 1 atom stereocenters. The number of hydrogen-bond donors (Lipinski definition) is 0. The summed E-state index contributed by atoms with van der Waals surface area (Å²) in [5.41, 5.74) is 2.72. The molecule has 0 aromatic heterocycles. The third-order valence-electron chi connectivity index (χ3n) is 2.77. The zero-order valence-electron chi connectivity index (χ0n) is 8.50. The first kappa shape index (κ1) is 8.76. The van der Waals surface area contributed by atoms with E-state index in [2.05, 4.69) is 45.0 Å². The van der Waals surface area contributed by atoms with Gasteiger partial charge >= 0.3 is 0 Å². The molecule has 0 spiro atoms. The molecule has 1 aliphatic heterocycles. The Kier molecular flexibility index (Phi) is 1.92. The van der Waals surface area contributed by atoms with Crippen molar-refractivity contribution < 1.29 is 4.74 Å². The summed E-state index contributed by atoms with van der Waals surface area (Å²) in [5, 5.41) is 0. The standard InChI is InChI=1S/C12H16O/c1-9(2)10-4-6-11(7-5-10)12(3)8-13-12/h4-7,9H,8H2,1-3H3. The van der Waals surface area contributed by atoms with E-state index in [0.717, 1.165) is 6.61 Å². The molecule has 0 amide bonds. The van der Waals surface area contributed by atoms with Crippen molar-refractivity contribution in [3.8, 4) is 0 Å². The molecule has 1 aromatic rings. The molecule has 1 unspecified atom stereocenters. The number of hydrogen-bond acceptors (Lipinski definition) is 1. The lowest BCUT2D eigenvalue weighted by molar-refractivity contribution is 0.329. The number of epoxide rings is 1. The summed E-state index contributed by atoms with van der Waals surface area (Å²) in [5.74, 6) is 0.613. The maximum Gasteiger partial charge on any atom is 0.114 e. The molecule has 13 heavy (non-hydrogen) atoms. The molecule has 1 heterocycles. The van der Waals surface area contributed by atoms with Crippen molar-refractivity contribution in [3.05, 3.63) is 35.4 Å². The van der Waals surface area contributed by atoms with Crippen molar-refractivity contribution in [1.29, 1.82) is 0 Å². The molecular formula is C12H16O. The third kappa shape index (κ3) is 1.61. The summed E-state index contributed by atoms with van der Waals surface area (Å²) in [6, 6.07) is 8.77. The summed E-state index contributed by atoms with van der Waals surface area (Å²) in [7, 11) is 0. The highest BCUT2D eigenvalue weighted by atomic mass is 16.6. The van der Waals surface area contributed by atoms with Crippen LogP contribution >= 0.6 is 0 Å². The smallest absolute Gasteiger partial charge is 0.114 e. The van der Waals surface area contributed by atoms with Gasteiger partial charge < -0.3 is 4.74 Å². The topological polar surface area (TPSA) is 12.5 Å². The lowest BCUT2D eigenvalue weighted by Gasteiger charge is -2.08. The molecule has 0 N–H and O–H groups in total. The van der Waals surface area contributed by atoms with E-state index >= 15 is 0 Å². The Hall–Kier alpha value is -0.820. The Morgan fingerprint density at radius 3 is 2.15 bits per heavy atom. The van der Waals surface area contributed by atoms with E-state index in [9.17, 15) is 0 Å². The second-order valence-electron chi connectivity index (χ2n) is 4.30. The first-order chi connectivity index (χ1) is 6.12. The highest BCUT2D eigenvalue weighted by Crippen LogP contribution is 2.38. The van der Waals surface area contributed by atoms with Crippen LogP contribution in [0.15, 0.2) is 24.3 Å². The van der Waals surface area contributed by atoms with Crippen LogP contribution in [0.5, 0.6) is 0 Å². The first-order valence-corrected chi connectivity index (χ1v) is 4.86. The van der Waals surface area contributed by atoms with Crippen molar-refractivity contribution in [2.75, 3.05) is 6.61 Å². The minimum absolute atomic E-state index is 0.0233. The van der Waals surface area contributed by atoms with Crippen LogP contribution in [0.4, 0.5) is 0 Å². The molecular weight excluding hydrogens is 160 g/mol. The highest BCUT2D eigenvalue weighted by molar-refractivity contribution is 5.30. The lowest BCUT2D eigenvalue weighted by Crippen LogP contribution is -2.01. The molecule has 1 nitrogen and oxygen atoms in total. The maximum absolute atomic E-state index is 5.38. The highest BCUT2D eigenvalue weighted by Gasteiger charge is 2.40. The normalized spacial score (nSPS) is 26.5. The first-order valence-electron chi connectivity index (χ1n) is 4.86. The molecule has 0 radical (unpaired) electrons. The lowest BCUT2D eigenvalue weighted by atomic mass is 9.97. The fourth-order valence-electron chi connectivity index (χ4n) is 1.50. The van der Waals surface area contributed by atoms with E-state index in [0.29, 0.717) is 5.92 Å². The minimum Gasteiger partial charge on any atom is -0.365 e. The Morgan fingerprint density at radius 1 is 1.23 bits per heavy atom. The molecule has 1 fully saturated rings. The van der Waals surface area contributed by atoms with Gasteiger partial charge in [0.1, 0.15) is 5.60 Å². The predicted molar refractivity (Wildman–Crippen MR) is 53.8 cm³/mol. The van der Waals surface area contributed by atoms with Gasteiger partial charge in [0.25, 0.3) is 0 Å². The van der Waals surface area contributed by atoms with Crippen LogP contribution < -0.4 is 0 Å². The molecule has 1 heteroatoms. The van der Waals surface area contributed by atoms with E-state index in [4.69, 9.17) is 4.74 Å². The van der Waals surface area contributed by atoms with Crippen molar-refractivity contribution in [2.45, 2.75) is 32.3 Å². The maximum atomic E-state index is 5.38. The summed E-state index contributed by atoms with van der Waals surface area (Å²) < 4.78 is 5.38. The van der Waals surface area contributed by atoms with Crippen molar-refractivity contribution in [1.82, 2.24) is 0 Å². The number of benzene rings is 1. The summed E-state index contributed by atoms with van der Waals surface area (Å²) in [4.78, 5) is 0. The fraction of sp³-hybridized carbons (Fsp3) is 0.500. The van der Waals surface area contributed by atoms with Crippen LogP contribution in [-0.2, 0) is 10.3 Å². The molecule has 0 aliphatic carbocycles. The number of ether oxygens (including phenoxy) is 1. The summed E-state index contributed by atoms with van der Waals surface area (Å²) >= 11 is 0. The van der Waals surface area contributed by atoms with Gasteiger partial charge in [-0.2, -0.15) is 0 Å². The van der Waals surface area contributed by atoms with Crippen LogP contribution in [-0.4, -0.2) is 6.61 Å². The molecule has 1 aliphatic rings. The molecule has 1 aromatic carbocycles. The van der Waals surface area contributed by atoms with Gasteiger partial charge in [-0.15, -0.1) is 0 Å². The minimum atomic E-state index is 0.0233. The number of rotatable bonds is 2. The largest absolute Gasteiger partial charge is 0.365 e. The Labute approximate surface area is 79.7 Å². The van der Waals surface area contributed by atoms with Gasteiger partial charge in [-0.25, -0.2) is 0 Å². The van der Waals surface area contributed by atoms with Crippen LogP contribution in [0, 0.1) is 0 Å². The monoisotopic (exact) mass is 176 g/mol. The third-order valence-corrected chi connectivity index (χ3v) is 2.77. The van der Waals surface area contributed by atoms with E-state index in [-0.39, 0.29) is 5.60 Å². The van der Waals surface area contributed by atoms with Crippen LogP contribution in [0.1, 0.15) is 37.8 Å². The van der Waals surface area contributed by atoms with Crippen molar-refractivity contribution in [3.63, 3.8) is 0 Å². The van der Waals surface area contributed by atoms with Gasteiger partial charge in [-0.3, -0.25) is 0 Å². The Bertz CT molecular complexity index is 293. The summed E-state index contributed by atoms with van der Waals surface area (Å²) in [6.45, 7) is 7.43. The van der Waals surface area contributed by atoms with Gasteiger partial charge in [0.05, 0.1) is 6.61 Å². The fourth-order valence-corrected chi connectivity index (χ4v) is 1.50. The molecule has 70 valence electrons. The van der Waals surface area contributed by atoms with Crippen molar-refractivity contribution >= 4 is 0 Å². The van der Waals surface area contributed by atoms with Crippen LogP contribution in [0.25, 0.3) is 0 Å². The molecule has 2 rings (SSSR count). The zero-order valence-corrected chi connectivity index (χ0v) is 8.50. The second kappa shape index (κ2) is 2.85. The average molecular weight is 176 g/mol. The molecule has 0 bridgehead atoms. The predicted octanol–water partition coefficient (Wildman–Crippen LogP) is 3.06. The second-order valence-corrected chi connectivity index (χ2v) is 4.30. The van der Waals surface area contributed by atoms with Crippen LogP contribution in [0.3, 0.4) is 0 Å².